The molecule has 1 aromatic heterocycles. The van der Waals surface area contributed by atoms with E-state index in [2.05, 4.69) is 15.6 Å². The topological polar surface area (TPSA) is 138 Å². The lowest BCUT2D eigenvalue weighted by molar-refractivity contribution is -0.157. The highest BCUT2D eigenvalue weighted by atomic mass is 32.1. The van der Waals surface area contributed by atoms with Crippen LogP contribution in [0.4, 0.5) is 0 Å². The largest absolute Gasteiger partial charge is 0.460 e. The Morgan fingerprint density at radius 2 is 1.70 bits per heavy atom. The fourth-order valence-electron chi connectivity index (χ4n) is 5.03. The van der Waals surface area contributed by atoms with Crippen LogP contribution in [0.15, 0.2) is 29.8 Å². The van der Waals surface area contributed by atoms with Crippen LogP contribution < -0.4 is 10.6 Å². The van der Waals surface area contributed by atoms with Gasteiger partial charge < -0.3 is 25.4 Å². The first kappa shape index (κ1) is 34.2. The molecule has 1 aromatic carbocycles. The van der Waals surface area contributed by atoms with Gasteiger partial charge >= 0.3 is 5.97 Å². The maximum atomic E-state index is 13.9. The molecule has 0 radical (unpaired) electrons. The van der Waals surface area contributed by atoms with Crippen LogP contribution in [0.3, 0.4) is 0 Å². The molecule has 0 saturated carbocycles. The van der Waals surface area contributed by atoms with E-state index in [0.717, 1.165) is 21.7 Å². The number of hydrogen-bond acceptors (Lipinski definition) is 8. The Balaban J connectivity index is 1.70. The molecule has 236 valence electrons. The van der Waals surface area contributed by atoms with Gasteiger partial charge in [-0.2, -0.15) is 0 Å². The zero-order chi connectivity index (χ0) is 32.3. The summed E-state index contributed by atoms with van der Waals surface area (Å²) in [5, 5.41) is 16.3. The fourth-order valence-corrected chi connectivity index (χ4v) is 5.84. The van der Waals surface area contributed by atoms with Crippen molar-refractivity contribution in [1.82, 2.24) is 20.5 Å². The molecule has 0 spiro atoms. The van der Waals surface area contributed by atoms with E-state index in [1.165, 1.54) is 4.90 Å². The number of aliphatic hydroxyl groups excluding tert-OH is 1. The summed E-state index contributed by atoms with van der Waals surface area (Å²) < 4.78 is 5.33. The summed E-state index contributed by atoms with van der Waals surface area (Å²) in [6.45, 7) is 16.1. The second kappa shape index (κ2) is 13.5. The summed E-state index contributed by atoms with van der Waals surface area (Å²) in [5.41, 5.74) is 3.34. The standard InChI is InChI=1S/C32H46N4O6S/c1-18(14-25(38)42-32(7,8)9)28(39)35-27(31(4,5)6)30(41)36-16-23(37)15-24(36)29(40)34-19(2)21-10-12-22(13-11-21)26-20(3)33-17-43-26/h10-13,17-19,23-24,27,37H,14-16H2,1-9H3,(H,34,40)(H,35,39)/t18-,19+,23-,24+,27-/m1/s1. The summed E-state index contributed by atoms with van der Waals surface area (Å²) in [7, 11) is 0. The predicted molar refractivity (Wildman–Crippen MR) is 166 cm³/mol. The number of aromatic nitrogens is 1. The summed E-state index contributed by atoms with van der Waals surface area (Å²) in [5.74, 6) is -2.54. The van der Waals surface area contributed by atoms with Crippen LogP contribution >= 0.6 is 11.3 Å². The number of esters is 1. The van der Waals surface area contributed by atoms with Gasteiger partial charge in [0.2, 0.25) is 17.7 Å². The molecule has 3 amide bonds. The summed E-state index contributed by atoms with van der Waals surface area (Å²) in [6.07, 6.45) is -0.919. The number of benzene rings is 1. The molecule has 0 bridgehead atoms. The predicted octanol–water partition coefficient (Wildman–Crippen LogP) is 4.16. The van der Waals surface area contributed by atoms with Crippen molar-refractivity contribution in [3.8, 4) is 10.4 Å². The molecule has 0 aliphatic carbocycles. The Bertz CT molecular complexity index is 1310. The molecule has 0 unspecified atom stereocenters. The van der Waals surface area contributed by atoms with E-state index in [-0.39, 0.29) is 31.3 Å². The molecule has 43 heavy (non-hydrogen) atoms. The van der Waals surface area contributed by atoms with E-state index in [4.69, 9.17) is 4.74 Å². The van der Waals surface area contributed by atoms with E-state index >= 15 is 0 Å². The number of aliphatic hydroxyl groups is 1. The molecular weight excluding hydrogens is 568 g/mol. The Morgan fingerprint density at radius 3 is 2.23 bits per heavy atom. The molecule has 2 aromatic rings. The number of thiazole rings is 1. The molecule has 2 heterocycles. The maximum absolute atomic E-state index is 13.9. The zero-order valence-electron chi connectivity index (χ0n) is 26.7. The van der Waals surface area contributed by atoms with E-state index < -0.39 is 52.9 Å². The molecule has 1 aliphatic rings. The van der Waals surface area contributed by atoms with Gasteiger partial charge in [-0.05, 0) is 51.2 Å². The third-order valence-corrected chi connectivity index (χ3v) is 8.36. The summed E-state index contributed by atoms with van der Waals surface area (Å²) in [6, 6.07) is 5.67. The summed E-state index contributed by atoms with van der Waals surface area (Å²) >= 11 is 1.57. The zero-order valence-corrected chi connectivity index (χ0v) is 27.5. The lowest BCUT2D eigenvalue weighted by Crippen LogP contribution is -2.58. The molecular formula is C32H46N4O6S. The van der Waals surface area contributed by atoms with Crippen molar-refractivity contribution in [3.63, 3.8) is 0 Å². The van der Waals surface area contributed by atoms with Gasteiger partial charge in [-0.3, -0.25) is 19.2 Å². The van der Waals surface area contributed by atoms with Crippen molar-refractivity contribution < 1.29 is 29.0 Å². The molecule has 3 N–H and O–H groups in total. The third-order valence-electron chi connectivity index (χ3n) is 7.38. The number of likely N-dealkylation sites (tertiary alicyclic amines) is 1. The van der Waals surface area contributed by atoms with Gasteiger partial charge in [0.25, 0.3) is 0 Å². The van der Waals surface area contributed by atoms with Crippen LogP contribution in [-0.4, -0.2) is 69.0 Å². The Kier molecular flexibility index (Phi) is 10.8. The van der Waals surface area contributed by atoms with E-state index in [1.54, 1.807) is 39.0 Å². The first-order chi connectivity index (χ1) is 19.9. The Morgan fingerprint density at radius 1 is 1.07 bits per heavy atom. The molecule has 10 nitrogen and oxygen atoms in total. The third kappa shape index (κ3) is 9.09. The number of β-amino-alcohol motifs (C(OH)–C–C–N with tert-alkyl or cyclic N) is 1. The second-order valence-corrected chi connectivity index (χ2v) is 14.4. The molecule has 3 rings (SSSR count). The van der Waals surface area contributed by atoms with Gasteiger partial charge in [-0.25, -0.2) is 4.98 Å². The highest BCUT2D eigenvalue weighted by Gasteiger charge is 2.45. The normalized spacial score (nSPS) is 19.3. The molecule has 5 atom stereocenters. The second-order valence-electron chi connectivity index (χ2n) is 13.5. The van der Waals surface area contributed by atoms with Gasteiger partial charge in [0.1, 0.15) is 17.7 Å². The van der Waals surface area contributed by atoms with Gasteiger partial charge in [-0.15, -0.1) is 11.3 Å². The van der Waals surface area contributed by atoms with Crippen LogP contribution in [-0.2, 0) is 23.9 Å². The quantitative estimate of drug-likeness (QED) is 0.361. The number of hydrogen-bond donors (Lipinski definition) is 3. The average Bonchev–Trinajstić information content (AvgIpc) is 3.50. The van der Waals surface area contributed by atoms with Crippen LogP contribution in [0, 0.1) is 18.3 Å². The highest BCUT2D eigenvalue weighted by Crippen LogP contribution is 2.29. The number of nitrogens with zero attached hydrogens (tertiary/aromatic N) is 2. The number of carbonyl (C=O) groups excluding carboxylic acids is 4. The van der Waals surface area contributed by atoms with Crippen molar-refractivity contribution in [2.75, 3.05) is 6.54 Å². The first-order valence-corrected chi connectivity index (χ1v) is 15.6. The smallest absolute Gasteiger partial charge is 0.307 e. The van der Waals surface area contributed by atoms with Gasteiger partial charge in [0.15, 0.2) is 0 Å². The van der Waals surface area contributed by atoms with E-state index in [9.17, 15) is 24.3 Å². The van der Waals surface area contributed by atoms with Gasteiger partial charge in [0.05, 0.1) is 34.6 Å². The highest BCUT2D eigenvalue weighted by molar-refractivity contribution is 7.13. The minimum Gasteiger partial charge on any atom is -0.460 e. The van der Waals surface area contributed by atoms with E-state index in [1.807, 2.05) is 64.4 Å². The van der Waals surface area contributed by atoms with Crippen molar-refractivity contribution >= 4 is 35.0 Å². The van der Waals surface area contributed by atoms with Crippen LogP contribution in [0.5, 0.6) is 0 Å². The fraction of sp³-hybridized carbons (Fsp3) is 0.594. The Labute approximate surface area is 258 Å². The molecule has 1 aliphatic heterocycles. The van der Waals surface area contributed by atoms with Crippen LogP contribution in [0.25, 0.3) is 10.4 Å². The number of aryl methyl sites for hydroxylation is 1. The molecule has 1 saturated heterocycles. The molecule has 1 fully saturated rings. The van der Waals surface area contributed by atoms with Crippen molar-refractivity contribution in [2.45, 2.75) is 105 Å². The van der Waals surface area contributed by atoms with Gasteiger partial charge in [-0.1, -0.05) is 52.0 Å². The lowest BCUT2D eigenvalue weighted by atomic mass is 9.85. The number of ether oxygens (including phenoxy) is 1. The van der Waals surface area contributed by atoms with Crippen molar-refractivity contribution in [3.05, 3.63) is 41.0 Å². The monoisotopic (exact) mass is 614 g/mol. The number of amides is 3. The number of nitrogens with one attached hydrogen (secondary N) is 2. The average molecular weight is 615 g/mol. The van der Waals surface area contributed by atoms with Crippen LogP contribution in [0.2, 0.25) is 0 Å². The van der Waals surface area contributed by atoms with Crippen molar-refractivity contribution in [1.29, 1.82) is 0 Å². The lowest BCUT2D eigenvalue weighted by Gasteiger charge is -2.36. The first-order valence-electron chi connectivity index (χ1n) is 14.7. The SMILES string of the molecule is Cc1ncsc1-c1ccc([C@H](C)NC(=O)[C@@H]2C[C@@H](O)CN2C(=O)[C@@H](NC(=O)[C@H](C)CC(=O)OC(C)(C)C)C(C)(C)C)cc1. The van der Waals surface area contributed by atoms with Crippen LogP contribution in [0.1, 0.15) is 85.5 Å². The van der Waals surface area contributed by atoms with Crippen molar-refractivity contribution in [2.24, 2.45) is 11.3 Å². The van der Waals surface area contributed by atoms with Gasteiger partial charge in [0, 0.05) is 18.9 Å². The van der Waals surface area contributed by atoms with E-state index in [0.29, 0.717) is 0 Å². The number of carbonyl (C=O) groups is 4. The number of rotatable bonds is 9. The molecule has 11 heteroatoms. The summed E-state index contributed by atoms with van der Waals surface area (Å²) in [4.78, 5) is 59.5. The minimum atomic E-state index is -0.984. The minimum absolute atomic E-state index is 0.0237. The Hall–Kier alpha value is -3.31. The maximum Gasteiger partial charge on any atom is 0.307 e.